The minimum absolute atomic E-state index is 0.00909. The zero-order valence-corrected chi connectivity index (χ0v) is 12.8. The van der Waals surface area contributed by atoms with E-state index in [1.807, 2.05) is 4.90 Å². The molecule has 22 heavy (non-hydrogen) atoms. The monoisotopic (exact) mass is 314 g/mol. The van der Waals surface area contributed by atoms with Crippen LogP contribution >= 0.6 is 11.3 Å². The summed E-state index contributed by atoms with van der Waals surface area (Å²) in [5, 5.41) is 12.0. The number of phenolic OH excluding ortho intramolecular Hbond substituents is 1. The Morgan fingerprint density at radius 2 is 2.32 bits per heavy atom. The second kappa shape index (κ2) is 4.84. The van der Waals surface area contributed by atoms with Crippen LogP contribution in [0.1, 0.15) is 20.8 Å². The summed E-state index contributed by atoms with van der Waals surface area (Å²) in [6, 6.07) is 5.12. The second-order valence-corrected chi connectivity index (χ2v) is 6.39. The lowest BCUT2D eigenvalue weighted by Gasteiger charge is -2.32. The fraction of sp³-hybridized carbons (Fsp3) is 0.250. The molecule has 0 saturated carbocycles. The van der Waals surface area contributed by atoms with Crippen LogP contribution in [0.5, 0.6) is 11.5 Å². The first-order chi connectivity index (χ1) is 10.7. The number of rotatable bonds is 1. The van der Waals surface area contributed by atoms with Crippen LogP contribution in [0.15, 0.2) is 28.6 Å². The van der Waals surface area contributed by atoms with Gasteiger partial charge in [-0.15, -0.1) is 11.3 Å². The Kier molecular flexibility index (Phi) is 2.94. The summed E-state index contributed by atoms with van der Waals surface area (Å²) in [5.74, 6) is 0.203. The fourth-order valence-corrected chi connectivity index (χ4v) is 3.88. The molecular formula is C16H14N2O3S. The number of aromatic hydroxyl groups is 1. The number of thiophene rings is 1. The average molecular weight is 314 g/mol. The van der Waals surface area contributed by atoms with Crippen LogP contribution in [0, 0.1) is 0 Å². The van der Waals surface area contributed by atoms with Gasteiger partial charge >= 0.3 is 0 Å². The largest absolute Gasteiger partial charge is 0.504 e. The van der Waals surface area contributed by atoms with Crippen molar-refractivity contribution in [3.8, 4) is 11.5 Å². The minimum atomic E-state index is -0.0742. The van der Waals surface area contributed by atoms with Crippen LogP contribution in [-0.4, -0.2) is 35.3 Å². The van der Waals surface area contributed by atoms with Gasteiger partial charge in [0, 0.05) is 17.2 Å². The summed E-state index contributed by atoms with van der Waals surface area (Å²) in [6.07, 6.45) is 2.58. The van der Waals surface area contributed by atoms with Gasteiger partial charge in [-0.05, 0) is 29.5 Å². The molecule has 4 rings (SSSR count). The molecule has 5 nitrogen and oxygen atoms in total. The quantitative estimate of drug-likeness (QED) is 0.880. The molecule has 1 atom stereocenters. The van der Waals surface area contributed by atoms with Crippen molar-refractivity contribution in [2.24, 2.45) is 4.99 Å². The van der Waals surface area contributed by atoms with E-state index in [0.29, 0.717) is 17.8 Å². The summed E-state index contributed by atoms with van der Waals surface area (Å²) < 4.78 is 5.11. The van der Waals surface area contributed by atoms with E-state index < -0.39 is 0 Å². The maximum atomic E-state index is 12.9. The van der Waals surface area contributed by atoms with Crippen LogP contribution in [-0.2, 0) is 13.0 Å². The number of nitrogens with zero attached hydrogens (tertiary/aromatic N) is 2. The molecule has 2 aliphatic heterocycles. The number of fused-ring (bicyclic) bond motifs is 3. The number of hydrogen-bond acceptors (Lipinski definition) is 5. The van der Waals surface area contributed by atoms with Crippen molar-refractivity contribution in [1.82, 2.24) is 4.90 Å². The number of aliphatic imine (C=N–C) groups is 1. The molecule has 0 spiro atoms. The van der Waals surface area contributed by atoms with E-state index >= 15 is 0 Å². The molecule has 0 fully saturated rings. The van der Waals surface area contributed by atoms with Gasteiger partial charge in [-0.25, -0.2) is 0 Å². The molecule has 6 heteroatoms. The number of phenols is 1. The van der Waals surface area contributed by atoms with Gasteiger partial charge < -0.3 is 14.7 Å². The smallest absolute Gasteiger partial charge is 0.257 e. The highest BCUT2D eigenvalue weighted by Crippen LogP contribution is 2.38. The number of carbonyl (C=O) groups excluding carboxylic acids is 1. The maximum Gasteiger partial charge on any atom is 0.257 e. The predicted octanol–water partition coefficient (Wildman–Crippen LogP) is 2.75. The van der Waals surface area contributed by atoms with Crippen LogP contribution in [0.3, 0.4) is 0 Å². The van der Waals surface area contributed by atoms with Crippen molar-refractivity contribution in [3.63, 3.8) is 0 Å². The average Bonchev–Trinajstić information content (AvgIpc) is 2.93. The third kappa shape index (κ3) is 1.91. The van der Waals surface area contributed by atoms with Crippen molar-refractivity contribution in [3.05, 3.63) is 39.6 Å². The van der Waals surface area contributed by atoms with Gasteiger partial charge in [0.15, 0.2) is 11.5 Å². The molecule has 2 aromatic rings. The Labute approximate surface area is 131 Å². The molecule has 1 amide bonds. The molecule has 1 unspecified atom stereocenters. The normalized spacial score (nSPS) is 19.2. The van der Waals surface area contributed by atoms with Crippen molar-refractivity contribution >= 4 is 29.1 Å². The number of ether oxygens (including phenoxy) is 1. The third-order valence-electron chi connectivity index (χ3n) is 4.16. The number of carbonyl (C=O) groups is 1. The molecule has 1 aromatic carbocycles. The summed E-state index contributed by atoms with van der Waals surface area (Å²) in [7, 11) is 1.47. The number of methoxy groups -OCH3 is 1. The SMILES string of the molecule is COc1cc2c(cc1O)N=CC1Cc3ccsc3CN1C2=O. The van der Waals surface area contributed by atoms with E-state index in [1.165, 1.54) is 23.6 Å². The van der Waals surface area contributed by atoms with E-state index in [1.54, 1.807) is 23.6 Å². The van der Waals surface area contributed by atoms with E-state index in [4.69, 9.17) is 4.74 Å². The van der Waals surface area contributed by atoms with Gasteiger partial charge in [-0.2, -0.15) is 0 Å². The first-order valence-corrected chi connectivity index (χ1v) is 7.86. The lowest BCUT2D eigenvalue weighted by atomic mass is 10.0. The van der Waals surface area contributed by atoms with Crippen molar-refractivity contribution < 1.29 is 14.6 Å². The van der Waals surface area contributed by atoms with Crippen molar-refractivity contribution in [2.75, 3.05) is 7.11 Å². The van der Waals surface area contributed by atoms with E-state index in [9.17, 15) is 9.90 Å². The van der Waals surface area contributed by atoms with Crippen molar-refractivity contribution in [1.29, 1.82) is 0 Å². The topological polar surface area (TPSA) is 62.1 Å². The Bertz CT molecular complexity index is 797. The summed E-state index contributed by atoms with van der Waals surface area (Å²) >= 11 is 1.68. The molecule has 1 N–H and O–H groups in total. The minimum Gasteiger partial charge on any atom is -0.504 e. The lowest BCUT2D eigenvalue weighted by Crippen LogP contribution is -2.43. The van der Waals surface area contributed by atoms with E-state index in [-0.39, 0.29) is 23.4 Å². The van der Waals surface area contributed by atoms with Gasteiger partial charge in [-0.1, -0.05) is 0 Å². The van der Waals surface area contributed by atoms with Gasteiger partial charge in [0.25, 0.3) is 5.91 Å². The first-order valence-electron chi connectivity index (χ1n) is 6.99. The molecule has 0 bridgehead atoms. The van der Waals surface area contributed by atoms with Gasteiger partial charge in [-0.3, -0.25) is 9.79 Å². The van der Waals surface area contributed by atoms with E-state index in [0.717, 1.165) is 6.42 Å². The van der Waals surface area contributed by atoms with Crippen LogP contribution < -0.4 is 4.74 Å². The highest BCUT2D eigenvalue weighted by Gasteiger charge is 2.33. The molecule has 112 valence electrons. The van der Waals surface area contributed by atoms with E-state index in [2.05, 4.69) is 16.4 Å². The highest BCUT2D eigenvalue weighted by atomic mass is 32.1. The molecule has 1 aromatic heterocycles. The summed E-state index contributed by atoms with van der Waals surface area (Å²) in [6.45, 7) is 0.602. The molecule has 2 aliphatic rings. The van der Waals surface area contributed by atoms with Gasteiger partial charge in [0.05, 0.1) is 30.9 Å². The zero-order valence-electron chi connectivity index (χ0n) is 11.9. The summed E-state index contributed by atoms with van der Waals surface area (Å²) in [5.41, 5.74) is 2.24. The molecule has 0 aliphatic carbocycles. The lowest BCUT2D eigenvalue weighted by molar-refractivity contribution is 0.0706. The predicted molar refractivity (Wildman–Crippen MR) is 84.5 cm³/mol. The fourth-order valence-electron chi connectivity index (χ4n) is 2.97. The van der Waals surface area contributed by atoms with Crippen molar-refractivity contribution in [2.45, 2.75) is 19.0 Å². The molecule has 0 radical (unpaired) electrons. The number of hydrogen-bond donors (Lipinski definition) is 1. The zero-order chi connectivity index (χ0) is 15.3. The number of benzene rings is 1. The van der Waals surface area contributed by atoms with Gasteiger partial charge in [0.2, 0.25) is 0 Å². The second-order valence-electron chi connectivity index (χ2n) is 5.39. The third-order valence-corrected chi connectivity index (χ3v) is 5.10. The van der Waals surface area contributed by atoms with Gasteiger partial charge in [0.1, 0.15) is 0 Å². The maximum absolute atomic E-state index is 12.9. The van der Waals surface area contributed by atoms with Crippen LogP contribution in [0.4, 0.5) is 5.69 Å². The molecule has 0 saturated heterocycles. The first kappa shape index (κ1) is 13.3. The number of amides is 1. The standard InChI is InChI=1S/C16H14N2O3S/c1-21-14-5-11-12(6-13(14)19)17-7-10-4-9-2-3-22-15(9)8-18(10)16(11)20/h2-3,5-7,10,19H,4,8H2,1H3. The summed E-state index contributed by atoms with van der Waals surface area (Å²) in [4.78, 5) is 20.4. The van der Waals surface area contributed by atoms with Crippen LogP contribution in [0.25, 0.3) is 0 Å². The Balaban J connectivity index is 1.81. The molecule has 3 heterocycles. The Morgan fingerprint density at radius 3 is 3.14 bits per heavy atom. The highest BCUT2D eigenvalue weighted by molar-refractivity contribution is 7.10. The van der Waals surface area contributed by atoms with Crippen LogP contribution in [0.2, 0.25) is 0 Å². The molecular weight excluding hydrogens is 300 g/mol. The Morgan fingerprint density at radius 1 is 1.45 bits per heavy atom. The Hall–Kier alpha value is -2.34.